The Labute approximate surface area is 109 Å². The molecule has 0 saturated heterocycles. The fraction of sp³-hybridized carbons (Fsp3) is 0.538. The molecule has 0 radical (unpaired) electrons. The highest BCUT2D eigenvalue weighted by Crippen LogP contribution is 2.26. The first-order valence-electron chi connectivity index (χ1n) is 5.75. The van der Waals surface area contributed by atoms with Crippen LogP contribution in [0.3, 0.4) is 0 Å². The van der Waals surface area contributed by atoms with Gasteiger partial charge in [-0.05, 0) is 32.9 Å². The molecule has 0 aliphatic carbocycles. The van der Waals surface area contributed by atoms with Gasteiger partial charge in [-0.3, -0.25) is 0 Å². The number of ether oxygens (including phenoxy) is 1. The van der Waals surface area contributed by atoms with Crippen LogP contribution in [0.4, 0.5) is 5.69 Å². The molecule has 1 aromatic rings. The zero-order valence-electron chi connectivity index (χ0n) is 10.9. The zero-order valence-corrected chi connectivity index (χ0v) is 11.7. The van der Waals surface area contributed by atoms with E-state index < -0.39 is 0 Å². The zero-order chi connectivity index (χ0) is 12.9. The lowest BCUT2D eigenvalue weighted by molar-refractivity contribution is 0.415. The molecule has 96 valence electrons. The maximum Gasteiger partial charge on any atom is 0.121 e. The summed E-state index contributed by atoms with van der Waals surface area (Å²) in [5, 5.41) is 7.40. The van der Waals surface area contributed by atoms with E-state index in [1.54, 1.807) is 7.11 Å². The molecule has 0 atom stereocenters. The molecule has 1 aromatic carbocycles. The number of hydrogen-bond acceptors (Lipinski definition) is 3. The van der Waals surface area contributed by atoms with Gasteiger partial charge in [-0.15, -0.1) is 0 Å². The molecule has 0 bridgehead atoms. The number of anilines is 1. The van der Waals surface area contributed by atoms with Crippen molar-refractivity contribution in [3.8, 4) is 5.75 Å². The van der Waals surface area contributed by atoms with Gasteiger partial charge in [-0.25, -0.2) is 0 Å². The fourth-order valence-corrected chi connectivity index (χ4v) is 1.59. The van der Waals surface area contributed by atoms with E-state index >= 15 is 0 Å². The van der Waals surface area contributed by atoms with Crippen LogP contribution >= 0.6 is 11.6 Å². The highest BCUT2D eigenvalue weighted by atomic mass is 35.5. The van der Waals surface area contributed by atoms with Gasteiger partial charge < -0.3 is 15.4 Å². The van der Waals surface area contributed by atoms with Crippen molar-refractivity contribution in [3.63, 3.8) is 0 Å². The second-order valence-corrected chi connectivity index (χ2v) is 5.36. The predicted molar refractivity (Wildman–Crippen MR) is 74.2 cm³/mol. The average molecular weight is 257 g/mol. The minimum atomic E-state index is 0.139. The first-order chi connectivity index (χ1) is 7.92. The van der Waals surface area contributed by atoms with Crippen molar-refractivity contribution < 1.29 is 4.74 Å². The minimum Gasteiger partial charge on any atom is -0.497 e. The molecule has 2 N–H and O–H groups in total. The van der Waals surface area contributed by atoms with E-state index in [2.05, 4.69) is 31.4 Å². The van der Waals surface area contributed by atoms with Gasteiger partial charge in [0, 0.05) is 24.7 Å². The molecule has 0 aliphatic rings. The number of methoxy groups -OCH3 is 1. The summed E-state index contributed by atoms with van der Waals surface area (Å²) in [6.07, 6.45) is 0. The quantitative estimate of drug-likeness (QED) is 0.794. The fourth-order valence-electron chi connectivity index (χ4n) is 1.40. The summed E-state index contributed by atoms with van der Waals surface area (Å²) < 4.78 is 5.16. The summed E-state index contributed by atoms with van der Waals surface area (Å²) in [5.74, 6) is 0.806. The van der Waals surface area contributed by atoms with Gasteiger partial charge in [-0.2, -0.15) is 0 Å². The van der Waals surface area contributed by atoms with Crippen LogP contribution in [0.15, 0.2) is 18.2 Å². The van der Waals surface area contributed by atoms with Crippen molar-refractivity contribution >= 4 is 17.3 Å². The minimum absolute atomic E-state index is 0.139. The monoisotopic (exact) mass is 256 g/mol. The van der Waals surface area contributed by atoms with E-state index in [9.17, 15) is 0 Å². The van der Waals surface area contributed by atoms with Gasteiger partial charge in [0.1, 0.15) is 5.75 Å². The Kier molecular flexibility index (Phi) is 5.09. The third kappa shape index (κ3) is 5.29. The van der Waals surface area contributed by atoms with Crippen LogP contribution in [0.25, 0.3) is 0 Å². The Morgan fingerprint density at radius 2 is 1.94 bits per heavy atom. The highest BCUT2D eigenvalue weighted by molar-refractivity contribution is 6.33. The summed E-state index contributed by atoms with van der Waals surface area (Å²) in [6, 6.07) is 5.58. The van der Waals surface area contributed by atoms with Gasteiger partial charge in [-0.1, -0.05) is 11.6 Å². The van der Waals surface area contributed by atoms with Crippen LogP contribution in [0, 0.1) is 0 Å². The molecule has 0 saturated carbocycles. The molecule has 4 heteroatoms. The van der Waals surface area contributed by atoms with Crippen LogP contribution in [0.1, 0.15) is 20.8 Å². The standard InChI is InChI=1S/C13H21ClN2O/c1-13(2,3)16-8-7-15-12-9-10(17-4)5-6-11(12)14/h5-6,9,15-16H,7-8H2,1-4H3. The first kappa shape index (κ1) is 14.1. The Bertz CT molecular complexity index is 361. The summed E-state index contributed by atoms with van der Waals surface area (Å²) in [7, 11) is 1.65. The van der Waals surface area contributed by atoms with Crippen molar-refractivity contribution in [1.82, 2.24) is 5.32 Å². The molecule has 17 heavy (non-hydrogen) atoms. The lowest BCUT2D eigenvalue weighted by Gasteiger charge is -2.21. The molecule has 0 fully saturated rings. The van der Waals surface area contributed by atoms with Crippen LogP contribution in [-0.4, -0.2) is 25.7 Å². The molecule has 0 aliphatic heterocycles. The van der Waals surface area contributed by atoms with E-state index in [0.29, 0.717) is 5.02 Å². The normalized spacial score (nSPS) is 11.4. The van der Waals surface area contributed by atoms with E-state index in [1.807, 2.05) is 18.2 Å². The molecule has 1 rings (SSSR count). The Morgan fingerprint density at radius 3 is 2.53 bits per heavy atom. The Hall–Kier alpha value is -0.930. The van der Waals surface area contributed by atoms with Gasteiger partial charge in [0.25, 0.3) is 0 Å². The molecule has 0 amide bonds. The maximum atomic E-state index is 6.08. The van der Waals surface area contributed by atoms with Gasteiger partial charge in [0.15, 0.2) is 0 Å². The van der Waals surface area contributed by atoms with Crippen molar-refractivity contribution in [2.45, 2.75) is 26.3 Å². The molecular formula is C13H21ClN2O. The molecule has 3 nitrogen and oxygen atoms in total. The van der Waals surface area contributed by atoms with Gasteiger partial charge >= 0.3 is 0 Å². The summed E-state index contributed by atoms with van der Waals surface area (Å²) in [6.45, 7) is 8.14. The lowest BCUT2D eigenvalue weighted by Crippen LogP contribution is -2.38. The molecule has 0 heterocycles. The molecular weight excluding hydrogens is 236 g/mol. The molecule has 0 spiro atoms. The van der Waals surface area contributed by atoms with Crippen LogP contribution in [0.2, 0.25) is 5.02 Å². The Balaban J connectivity index is 2.46. The van der Waals surface area contributed by atoms with Crippen molar-refractivity contribution in [1.29, 1.82) is 0 Å². The molecule has 0 aromatic heterocycles. The van der Waals surface area contributed by atoms with Gasteiger partial charge in [0.05, 0.1) is 17.8 Å². The van der Waals surface area contributed by atoms with Crippen molar-refractivity contribution in [3.05, 3.63) is 23.2 Å². The number of benzene rings is 1. The molecule has 0 unspecified atom stereocenters. The average Bonchev–Trinajstić information content (AvgIpc) is 2.25. The second kappa shape index (κ2) is 6.12. The van der Waals surface area contributed by atoms with E-state index in [0.717, 1.165) is 24.5 Å². The maximum absolute atomic E-state index is 6.08. The summed E-state index contributed by atoms with van der Waals surface area (Å²) >= 11 is 6.08. The SMILES string of the molecule is COc1ccc(Cl)c(NCCNC(C)(C)C)c1. The van der Waals surface area contributed by atoms with Crippen LogP contribution < -0.4 is 15.4 Å². The van der Waals surface area contributed by atoms with E-state index in [1.165, 1.54) is 0 Å². The third-order valence-electron chi connectivity index (χ3n) is 2.27. The second-order valence-electron chi connectivity index (χ2n) is 4.95. The van der Waals surface area contributed by atoms with Crippen molar-refractivity contribution in [2.24, 2.45) is 0 Å². The summed E-state index contributed by atoms with van der Waals surface area (Å²) in [4.78, 5) is 0. The largest absolute Gasteiger partial charge is 0.497 e. The first-order valence-corrected chi connectivity index (χ1v) is 6.12. The third-order valence-corrected chi connectivity index (χ3v) is 2.60. The number of rotatable bonds is 5. The number of hydrogen-bond donors (Lipinski definition) is 2. The summed E-state index contributed by atoms with van der Waals surface area (Å²) in [5.41, 5.74) is 1.04. The number of halogens is 1. The Morgan fingerprint density at radius 1 is 1.24 bits per heavy atom. The predicted octanol–water partition coefficient (Wildman–Crippen LogP) is 3.15. The number of nitrogens with one attached hydrogen (secondary N) is 2. The van der Waals surface area contributed by atoms with E-state index in [4.69, 9.17) is 16.3 Å². The van der Waals surface area contributed by atoms with Crippen LogP contribution in [-0.2, 0) is 0 Å². The van der Waals surface area contributed by atoms with Crippen LogP contribution in [0.5, 0.6) is 5.75 Å². The lowest BCUT2D eigenvalue weighted by atomic mass is 10.1. The smallest absolute Gasteiger partial charge is 0.121 e. The topological polar surface area (TPSA) is 33.3 Å². The van der Waals surface area contributed by atoms with E-state index in [-0.39, 0.29) is 5.54 Å². The highest BCUT2D eigenvalue weighted by Gasteiger charge is 2.07. The van der Waals surface area contributed by atoms with Gasteiger partial charge in [0.2, 0.25) is 0 Å². The van der Waals surface area contributed by atoms with Crippen molar-refractivity contribution in [2.75, 3.05) is 25.5 Å².